The Morgan fingerprint density at radius 2 is 1.91 bits per heavy atom. The number of nitrogens with zero attached hydrogens (tertiary/aromatic N) is 3. The molecule has 1 aromatic carbocycles. The van der Waals surface area contributed by atoms with Gasteiger partial charge < -0.3 is 10.1 Å². The van der Waals surface area contributed by atoms with Gasteiger partial charge in [0, 0.05) is 24.0 Å². The van der Waals surface area contributed by atoms with E-state index >= 15 is 0 Å². The van der Waals surface area contributed by atoms with Crippen LogP contribution in [0, 0.1) is 25.6 Å². The lowest BCUT2D eigenvalue weighted by molar-refractivity contribution is 0.294. The highest BCUT2D eigenvalue weighted by atomic mass is 19.1. The van der Waals surface area contributed by atoms with E-state index in [9.17, 15) is 8.78 Å². The molecule has 3 aromatic rings. The van der Waals surface area contributed by atoms with Crippen molar-refractivity contribution >= 4 is 5.84 Å². The van der Waals surface area contributed by atoms with Crippen LogP contribution in [-0.2, 0) is 13.2 Å². The molecule has 0 saturated heterocycles. The summed E-state index contributed by atoms with van der Waals surface area (Å²) < 4.78 is 32.9. The van der Waals surface area contributed by atoms with E-state index in [0.29, 0.717) is 18.1 Å². The summed E-state index contributed by atoms with van der Waals surface area (Å²) in [6.45, 7) is 8.42. The highest BCUT2D eigenvalue weighted by molar-refractivity contribution is 5.98. The Balaban J connectivity index is 1.72. The molecule has 168 valence electrons. The number of rotatable bonds is 8. The molecule has 0 aliphatic carbocycles. The topological polar surface area (TPSA) is 59.4 Å². The Morgan fingerprint density at radius 3 is 2.56 bits per heavy atom. The second kappa shape index (κ2) is 10.8. The number of aryl methyl sites for hydroxylation is 2. The lowest BCUT2D eigenvalue weighted by Crippen LogP contribution is -2.33. The summed E-state index contributed by atoms with van der Waals surface area (Å²) in [5.41, 5.74) is 3.80. The van der Waals surface area contributed by atoms with Gasteiger partial charge in [0.25, 0.3) is 0 Å². The summed E-state index contributed by atoms with van der Waals surface area (Å²) in [6, 6.07) is 10.3. The van der Waals surface area contributed by atoms with Crippen LogP contribution in [0.15, 0.2) is 53.8 Å². The molecular formula is C25H28F2N4O. The minimum Gasteiger partial charge on any atom is -0.487 e. The summed E-state index contributed by atoms with van der Waals surface area (Å²) in [4.78, 5) is 12.6. The van der Waals surface area contributed by atoms with Gasteiger partial charge >= 0.3 is 0 Å². The van der Waals surface area contributed by atoms with Gasteiger partial charge in [-0.1, -0.05) is 13.0 Å². The van der Waals surface area contributed by atoms with Gasteiger partial charge in [-0.3, -0.25) is 9.98 Å². The van der Waals surface area contributed by atoms with Crippen molar-refractivity contribution in [1.29, 1.82) is 0 Å². The second-order valence-corrected chi connectivity index (χ2v) is 7.81. The standard InChI is InChI=1S/C25H28F2N4O/c1-5-18(4)31-25(20-7-9-24(27)29-14-20)30-13-19-6-8-21(11-17(19)3)32-15-23-22(26)10-16(2)12-28-23/h6-12,14,18H,5,13,15H2,1-4H3,(H,30,31). The normalized spacial score (nSPS) is 12.5. The quantitative estimate of drug-likeness (QED) is 0.295. The van der Waals surface area contributed by atoms with Gasteiger partial charge in [0.05, 0.1) is 6.54 Å². The van der Waals surface area contributed by atoms with Gasteiger partial charge in [-0.15, -0.1) is 0 Å². The number of nitrogens with one attached hydrogen (secondary N) is 1. The van der Waals surface area contributed by atoms with Crippen molar-refractivity contribution in [3.63, 3.8) is 0 Å². The Morgan fingerprint density at radius 1 is 1.09 bits per heavy atom. The van der Waals surface area contributed by atoms with Crippen molar-refractivity contribution in [2.24, 2.45) is 4.99 Å². The van der Waals surface area contributed by atoms with Gasteiger partial charge in [0.2, 0.25) is 5.95 Å². The van der Waals surface area contributed by atoms with Crippen molar-refractivity contribution in [3.8, 4) is 5.75 Å². The van der Waals surface area contributed by atoms with E-state index < -0.39 is 5.95 Å². The summed E-state index contributed by atoms with van der Waals surface area (Å²) in [7, 11) is 0. The summed E-state index contributed by atoms with van der Waals surface area (Å²) in [6.07, 6.45) is 4.02. The van der Waals surface area contributed by atoms with Crippen molar-refractivity contribution in [3.05, 3.63) is 88.5 Å². The summed E-state index contributed by atoms with van der Waals surface area (Å²) in [5, 5.41) is 3.37. The lowest BCUT2D eigenvalue weighted by Gasteiger charge is -2.16. The minimum atomic E-state index is -0.524. The Bertz CT molecular complexity index is 1080. The molecule has 5 nitrogen and oxygen atoms in total. The van der Waals surface area contributed by atoms with E-state index in [0.717, 1.165) is 28.7 Å². The molecule has 0 aliphatic rings. The van der Waals surface area contributed by atoms with Crippen LogP contribution in [0.4, 0.5) is 8.78 Å². The van der Waals surface area contributed by atoms with Crippen LogP contribution in [0.25, 0.3) is 0 Å². The molecule has 1 atom stereocenters. The van der Waals surface area contributed by atoms with E-state index in [4.69, 9.17) is 9.73 Å². The third-order valence-electron chi connectivity index (χ3n) is 5.15. The molecule has 1 unspecified atom stereocenters. The number of pyridine rings is 2. The van der Waals surface area contributed by atoms with Crippen LogP contribution in [0.5, 0.6) is 5.75 Å². The first-order valence-corrected chi connectivity index (χ1v) is 10.6. The van der Waals surface area contributed by atoms with Crippen LogP contribution in [0.2, 0.25) is 0 Å². The maximum atomic E-state index is 14.0. The number of hydrogen-bond acceptors (Lipinski definition) is 4. The fraction of sp³-hybridized carbons (Fsp3) is 0.320. The molecule has 0 fully saturated rings. The Labute approximate surface area is 187 Å². The van der Waals surface area contributed by atoms with E-state index in [1.54, 1.807) is 19.2 Å². The van der Waals surface area contributed by atoms with Gasteiger partial charge in [-0.2, -0.15) is 4.39 Å². The number of amidine groups is 1. The molecule has 3 rings (SSSR count). The third-order valence-corrected chi connectivity index (χ3v) is 5.15. The Hall–Kier alpha value is -3.35. The molecule has 0 aliphatic heterocycles. The number of halogens is 2. The molecule has 0 saturated carbocycles. The number of benzene rings is 1. The molecule has 0 amide bonds. The van der Waals surface area contributed by atoms with E-state index in [-0.39, 0.29) is 24.2 Å². The Kier molecular flexibility index (Phi) is 7.87. The maximum Gasteiger partial charge on any atom is 0.212 e. The van der Waals surface area contributed by atoms with Crippen molar-refractivity contribution < 1.29 is 13.5 Å². The molecule has 0 bridgehead atoms. The van der Waals surface area contributed by atoms with Gasteiger partial charge in [0.15, 0.2) is 0 Å². The maximum absolute atomic E-state index is 14.0. The van der Waals surface area contributed by atoms with Crippen LogP contribution >= 0.6 is 0 Å². The third kappa shape index (κ3) is 6.33. The lowest BCUT2D eigenvalue weighted by atomic mass is 10.1. The van der Waals surface area contributed by atoms with Gasteiger partial charge in [-0.25, -0.2) is 9.37 Å². The number of hydrogen-bond donors (Lipinski definition) is 1. The molecule has 7 heteroatoms. The van der Waals surface area contributed by atoms with Crippen molar-refractivity contribution in [2.75, 3.05) is 0 Å². The predicted molar refractivity (Wildman–Crippen MR) is 122 cm³/mol. The zero-order chi connectivity index (χ0) is 23.1. The van der Waals surface area contributed by atoms with E-state index in [1.165, 1.54) is 18.3 Å². The predicted octanol–water partition coefficient (Wildman–Crippen LogP) is 5.29. The average molecular weight is 439 g/mol. The average Bonchev–Trinajstić information content (AvgIpc) is 2.77. The number of aliphatic imine (C=N–C) groups is 1. The SMILES string of the molecule is CCC(C)NC(=NCc1ccc(OCc2ncc(C)cc2F)cc1C)c1ccc(F)nc1. The molecule has 32 heavy (non-hydrogen) atoms. The van der Waals surface area contributed by atoms with Gasteiger partial charge in [-0.05, 0) is 74.2 Å². The van der Waals surface area contributed by atoms with Crippen molar-refractivity contribution in [1.82, 2.24) is 15.3 Å². The molecule has 1 N–H and O–H groups in total. The first-order chi connectivity index (χ1) is 15.4. The largest absolute Gasteiger partial charge is 0.487 e. The second-order valence-electron chi connectivity index (χ2n) is 7.81. The summed E-state index contributed by atoms with van der Waals surface area (Å²) >= 11 is 0. The zero-order valence-corrected chi connectivity index (χ0v) is 18.8. The van der Waals surface area contributed by atoms with Crippen molar-refractivity contribution in [2.45, 2.75) is 53.3 Å². The first-order valence-electron chi connectivity index (χ1n) is 10.6. The minimum absolute atomic E-state index is 0.0591. The highest BCUT2D eigenvalue weighted by Crippen LogP contribution is 2.20. The van der Waals surface area contributed by atoms with E-state index in [1.807, 2.05) is 25.1 Å². The van der Waals surface area contributed by atoms with Crippen LogP contribution in [0.1, 0.15) is 48.2 Å². The molecule has 0 spiro atoms. The van der Waals surface area contributed by atoms with Crippen LogP contribution in [0.3, 0.4) is 0 Å². The smallest absolute Gasteiger partial charge is 0.212 e. The van der Waals surface area contributed by atoms with Crippen LogP contribution in [-0.4, -0.2) is 21.8 Å². The fourth-order valence-electron chi connectivity index (χ4n) is 2.99. The molecule has 2 aromatic heterocycles. The first kappa shape index (κ1) is 23.3. The van der Waals surface area contributed by atoms with Gasteiger partial charge in [0.1, 0.15) is 29.7 Å². The highest BCUT2D eigenvalue weighted by Gasteiger charge is 2.10. The fourth-order valence-corrected chi connectivity index (χ4v) is 2.99. The zero-order valence-electron chi connectivity index (χ0n) is 18.8. The number of ether oxygens (including phenoxy) is 1. The van der Waals surface area contributed by atoms with E-state index in [2.05, 4.69) is 29.1 Å². The summed E-state index contributed by atoms with van der Waals surface area (Å²) in [5.74, 6) is 0.415. The number of aromatic nitrogens is 2. The van der Waals surface area contributed by atoms with Crippen LogP contribution < -0.4 is 10.1 Å². The molecule has 0 radical (unpaired) electrons. The molecule has 2 heterocycles. The molecular weight excluding hydrogens is 410 g/mol. The monoisotopic (exact) mass is 438 g/mol.